The summed E-state index contributed by atoms with van der Waals surface area (Å²) < 4.78 is 11.4. The van der Waals surface area contributed by atoms with Crippen LogP contribution >= 0.6 is 0 Å². The van der Waals surface area contributed by atoms with Crippen LogP contribution in [0.25, 0.3) is 16.8 Å². The van der Waals surface area contributed by atoms with Crippen molar-refractivity contribution in [2.24, 2.45) is 0 Å². The summed E-state index contributed by atoms with van der Waals surface area (Å²) in [5, 5.41) is 2.56. The van der Waals surface area contributed by atoms with Crippen LogP contribution in [0.2, 0.25) is 0 Å². The number of aromatic nitrogens is 2. The third kappa shape index (κ3) is 3.99. The molecule has 126 valence electrons. The summed E-state index contributed by atoms with van der Waals surface area (Å²) in [4.78, 5) is 14.8. The number of nitrogens with zero attached hydrogens (tertiary/aromatic N) is 2. The zero-order valence-electron chi connectivity index (χ0n) is 14.0. The third-order valence-electron chi connectivity index (χ3n) is 3.57. The molecule has 2 aromatic heterocycles. The SMILES string of the molecule is C#C.CF.Cc1cccc(-c2ccc3nc(NC=O)cn3c2)c1C.[HH]. The fourth-order valence-corrected chi connectivity index (χ4v) is 2.34. The molecule has 2 heterocycles. The van der Waals surface area contributed by atoms with Gasteiger partial charge in [-0.1, -0.05) is 18.2 Å². The second-order valence-corrected chi connectivity index (χ2v) is 4.82. The largest absolute Gasteiger partial charge is 0.312 e. The van der Waals surface area contributed by atoms with Gasteiger partial charge in [0, 0.05) is 7.62 Å². The Morgan fingerprint density at radius 1 is 1.17 bits per heavy atom. The lowest BCUT2D eigenvalue weighted by Gasteiger charge is -2.09. The zero-order valence-corrected chi connectivity index (χ0v) is 14.0. The molecule has 4 nitrogen and oxygen atoms in total. The summed E-state index contributed by atoms with van der Waals surface area (Å²) in [7, 11) is 0.500. The second kappa shape index (κ2) is 9.11. The topological polar surface area (TPSA) is 46.4 Å². The number of carbonyl (C=O) groups is 1. The number of hydrogen-bond donors (Lipinski definition) is 1. The maximum absolute atomic E-state index is 10.5. The molecule has 0 radical (unpaired) electrons. The van der Waals surface area contributed by atoms with Gasteiger partial charge in [-0.3, -0.25) is 9.18 Å². The fraction of sp³-hybridized carbons (Fsp3) is 0.158. The van der Waals surface area contributed by atoms with Gasteiger partial charge in [-0.25, -0.2) is 4.98 Å². The first-order valence-electron chi connectivity index (χ1n) is 7.15. The first-order valence-corrected chi connectivity index (χ1v) is 7.15. The van der Waals surface area contributed by atoms with Gasteiger partial charge in [0.2, 0.25) is 6.41 Å². The molecule has 0 spiro atoms. The maximum atomic E-state index is 10.5. The Balaban J connectivity index is 0.00000108. The number of halogens is 1. The molecule has 3 rings (SSSR count). The Bertz CT molecular complexity index is 843. The molecule has 1 N–H and O–H groups in total. The number of fused-ring (bicyclic) bond motifs is 1. The van der Waals surface area contributed by atoms with Gasteiger partial charge in [-0.2, -0.15) is 0 Å². The van der Waals surface area contributed by atoms with Crippen molar-refractivity contribution < 1.29 is 10.6 Å². The number of hydrogen-bond acceptors (Lipinski definition) is 2. The second-order valence-electron chi connectivity index (χ2n) is 4.82. The molecule has 0 aliphatic heterocycles. The van der Waals surface area contributed by atoms with E-state index in [0.29, 0.717) is 19.4 Å². The van der Waals surface area contributed by atoms with E-state index in [0.717, 1.165) is 11.2 Å². The molecule has 0 saturated carbocycles. The molecule has 0 atom stereocenters. The van der Waals surface area contributed by atoms with Crippen LogP contribution in [0, 0.1) is 26.7 Å². The van der Waals surface area contributed by atoms with Crippen LogP contribution < -0.4 is 5.32 Å². The van der Waals surface area contributed by atoms with Crippen molar-refractivity contribution in [3.63, 3.8) is 0 Å². The van der Waals surface area contributed by atoms with Gasteiger partial charge in [0.05, 0.1) is 13.4 Å². The first-order chi connectivity index (χ1) is 11.7. The number of nitrogens with one attached hydrogen (secondary N) is 1. The van der Waals surface area contributed by atoms with Gasteiger partial charge in [-0.15, -0.1) is 12.8 Å². The van der Waals surface area contributed by atoms with E-state index in [2.05, 4.69) is 61.3 Å². The lowest BCUT2D eigenvalue weighted by molar-refractivity contribution is -0.105. The van der Waals surface area contributed by atoms with E-state index in [4.69, 9.17) is 0 Å². The molecule has 24 heavy (non-hydrogen) atoms. The minimum atomic E-state index is 0. The third-order valence-corrected chi connectivity index (χ3v) is 3.57. The number of terminal acetylenes is 1. The molecule has 0 aliphatic carbocycles. The Kier molecular flexibility index (Phi) is 7.18. The molecule has 0 saturated heterocycles. The summed E-state index contributed by atoms with van der Waals surface area (Å²) in [6.45, 7) is 4.24. The van der Waals surface area contributed by atoms with Gasteiger partial charge in [0.15, 0.2) is 5.82 Å². The van der Waals surface area contributed by atoms with Crippen LogP contribution in [-0.4, -0.2) is 23.0 Å². The number of rotatable bonds is 3. The van der Waals surface area contributed by atoms with Crippen molar-refractivity contribution in [3.05, 3.63) is 53.9 Å². The van der Waals surface area contributed by atoms with Crippen LogP contribution in [0.1, 0.15) is 12.6 Å². The minimum Gasteiger partial charge on any atom is -0.312 e. The summed E-state index contributed by atoms with van der Waals surface area (Å²) in [5.74, 6) is 0.554. The summed E-state index contributed by atoms with van der Waals surface area (Å²) in [5.41, 5.74) is 5.71. The number of amides is 1. The van der Waals surface area contributed by atoms with E-state index in [9.17, 15) is 9.18 Å². The smallest absolute Gasteiger partial charge is 0.212 e. The molecule has 1 amide bonds. The molecule has 0 unspecified atom stereocenters. The standard InChI is InChI=1S/C16H15N3O.C2H2.CH3F.H2/c1-11-4-3-5-14(12(11)2)13-6-7-16-18-15(17-10-20)9-19(16)8-13;2*1-2;/h3-10H,1-2H3,(H,17,20);1-2H;1H3;1H. The highest BCUT2D eigenvalue weighted by Crippen LogP contribution is 2.26. The van der Waals surface area contributed by atoms with E-state index in [1.807, 2.05) is 16.7 Å². The van der Waals surface area contributed by atoms with Gasteiger partial charge >= 0.3 is 0 Å². The highest BCUT2D eigenvalue weighted by atomic mass is 19.1. The van der Waals surface area contributed by atoms with Gasteiger partial charge in [0.25, 0.3) is 0 Å². The number of aryl methyl sites for hydroxylation is 1. The normalized spacial score (nSPS) is 9.25. The van der Waals surface area contributed by atoms with Crippen molar-refractivity contribution in [2.45, 2.75) is 13.8 Å². The Hall–Kier alpha value is -3.13. The predicted molar refractivity (Wildman–Crippen MR) is 98.8 cm³/mol. The molecule has 1 aromatic carbocycles. The summed E-state index contributed by atoms with van der Waals surface area (Å²) >= 11 is 0. The first kappa shape index (κ1) is 18.9. The number of benzene rings is 1. The number of alkyl halides is 1. The highest BCUT2D eigenvalue weighted by molar-refractivity contribution is 5.72. The lowest BCUT2D eigenvalue weighted by atomic mass is 9.98. The van der Waals surface area contributed by atoms with E-state index >= 15 is 0 Å². The number of pyridine rings is 1. The Labute approximate surface area is 142 Å². The van der Waals surface area contributed by atoms with Crippen molar-refractivity contribution in [1.29, 1.82) is 0 Å². The molecule has 5 heteroatoms. The van der Waals surface area contributed by atoms with Crippen LogP contribution in [0.4, 0.5) is 10.2 Å². The molecule has 3 aromatic rings. The van der Waals surface area contributed by atoms with Gasteiger partial charge in [0.1, 0.15) is 5.65 Å². The van der Waals surface area contributed by atoms with Crippen LogP contribution in [0.15, 0.2) is 42.7 Å². The van der Waals surface area contributed by atoms with E-state index in [1.165, 1.54) is 16.7 Å². The average molecular weight is 327 g/mol. The van der Waals surface area contributed by atoms with E-state index in [1.54, 1.807) is 6.20 Å². The number of anilines is 1. The Morgan fingerprint density at radius 3 is 2.54 bits per heavy atom. The zero-order chi connectivity index (χ0) is 18.1. The summed E-state index contributed by atoms with van der Waals surface area (Å²) in [6, 6.07) is 10.3. The monoisotopic (exact) mass is 327 g/mol. The number of imidazole rings is 1. The molecular weight excluding hydrogens is 305 g/mol. The van der Waals surface area contributed by atoms with E-state index in [-0.39, 0.29) is 1.43 Å². The quantitative estimate of drug-likeness (QED) is 0.577. The summed E-state index contributed by atoms with van der Waals surface area (Å²) in [6.07, 6.45) is 12.5. The maximum Gasteiger partial charge on any atom is 0.212 e. The van der Waals surface area contributed by atoms with Gasteiger partial charge in [-0.05, 0) is 48.2 Å². The molecule has 0 fully saturated rings. The molecular formula is C19H22FN3O. The molecule has 0 aliphatic rings. The minimum absolute atomic E-state index is 0. The van der Waals surface area contributed by atoms with Crippen molar-refractivity contribution in [2.75, 3.05) is 12.5 Å². The fourth-order valence-electron chi connectivity index (χ4n) is 2.34. The Morgan fingerprint density at radius 2 is 1.88 bits per heavy atom. The van der Waals surface area contributed by atoms with Crippen molar-refractivity contribution >= 4 is 17.9 Å². The average Bonchev–Trinajstić information content (AvgIpc) is 3.03. The lowest BCUT2D eigenvalue weighted by Crippen LogP contribution is -1.92. The van der Waals surface area contributed by atoms with Crippen molar-refractivity contribution in [3.8, 4) is 24.0 Å². The van der Waals surface area contributed by atoms with Gasteiger partial charge < -0.3 is 9.72 Å². The van der Waals surface area contributed by atoms with Crippen LogP contribution in [0.3, 0.4) is 0 Å². The molecule has 0 bridgehead atoms. The van der Waals surface area contributed by atoms with Crippen LogP contribution in [-0.2, 0) is 4.79 Å². The predicted octanol–water partition coefficient (Wildman–Crippen LogP) is 4.27. The van der Waals surface area contributed by atoms with Crippen molar-refractivity contribution in [1.82, 2.24) is 9.38 Å². The highest BCUT2D eigenvalue weighted by Gasteiger charge is 2.06. The van der Waals surface area contributed by atoms with Crippen LogP contribution in [0.5, 0.6) is 0 Å². The number of carbonyl (C=O) groups excluding carboxylic acids is 1. The van der Waals surface area contributed by atoms with E-state index < -0.39 is 0 Å².